The van der Waals surface area contributed by atoms with E-state index in [1.807, 2.05) is 39.1 Å². The van der Waals surface area contributed by atoms with E-state index in [0.717, 1.165) is 16.8 Å². The van der Waals surface area contributed by atoms with Gasteiger partial charge in [-0.05, 0) is 49.2 Å². The lowest BCUT2D eigenvalue weighted by molar-refractivity contribution is 0.0995. The highest BCUT2D eigenvalue weighted by molar-refractivity contribution is 7.14. The van der Waals surface area contributed by atoms with Gasteiger partial charge < -0.3 is 4.42 Å². The van der Waals surface area contributed by atoms with Crippen LogP contribution in [0, 0.1) is 19.7 Å². The Hall–Kier alpha value is -3.39. The topological polar surface area (TPSA) is 80.9 Å². The predicted molar refractivity (Wildman–Crippen MR) is 119 cm³/mol. The van der Waals surface area contributed by atoms with Gasteiger partial charge >= 0.3 is 0 Å². The number of anilines is 1. The van der Waals surface area contributed by atoms with Gasteiger partial charge in [-0.3, -0.25) is 15.1 Å². The Labute approximate surface area is 183 Å². The summed E-state index contributed by atoms with van der Waals surface area (Å²) in [5.41, 5.74) is 4.52. The van der Waals surface area contributed by atoms with E-state index < -0.39 is 5.91 Å². The number of benzene rings is 1. The maximum absolute atomic E-state index is 13.3. The van der Waals surface area contributed by atoms with Gasteiger partial charge in [0, 0.05) is 23.1 Å². The summed E-state index contributed by atoms with van der Waals surface area (Å²) in [7, 11) is 0. The van der Waals surface area contributed by atoms with Crippen molar-refractivity contribution in [2.75, 3.05) is 5.32 Å². The third-order valence-corrected chi connectivity index (χ3v) is 5.40. The van der Waals surface area contributed by atoms with Crippen LogP contribution < -0.4 is 5.32 Å². The van der Waals surface area contributed by atoms with E-state index in [4.69, 9.17) is 4.42 Å². The van der Waals surface area contributed by atoms with Crippen molar-refractivity contribution < 1.29 is 13.6 Å². The molecule has 1 N–H and O–H groups in total. The molecule has 0 unspecified atom stereocenters. The molecule has 1 amide bonds. The summed E-state index contributed by atoms with van der Waals surface area (Å²) in [5.74, 6) is -0.339. The minimum Gasteiger partial charge on any atom is -0.435 e. The molecule has 0 fully saturated rings. The Morgan fingerprint density at radius 1 is 1.13 bits per heavy atom. The molecule has 3 heterocycles. The molecule has 0 aliphatic rings. The molecule has 4 rings (SSSR count). The number of carbonyl (C=O) groups is 1. The molecular weight excluding hydrogens is 415 g/mol. The number of halogens is 1. The number of thiazole rings is 1. The third kappa shape index (κ3) is 4.39. The molecule has 4 aromatic rings. The van der Waals surface area contributed by atoms with Crippen molar-refractivity contribution in [3.8, 4) is 22.6 Å². The van der Waals surface area contributed by atoms with Gasteiger partial charge in [0.15, 0.2) is 11.0 Å². The molecule has 0 radical (unpaired) electrons. The Balaban J connectivity index is 1.63. The SMILES string of the molecule is Cc1cnc(-c2csc(NC(=O)c3oc(C(C)C)nc3-c3ccc(F)cc3)n2)c(C)c1. The Morgan fingerprint density at radius 2 is 1.87 bits per heavy atom. The maximum Gasteiger partial charge on any atom is 0.295 e. The van der Waals surface area contributed by atoms with Crippen LogP contribution in [0.2, 0.25) is 0 Å². The van der Waals surface area contributed by atoms with E-state index in [1.54, 1.807) is 18.3 Å². The smallest absolute Gasteiger partial charge is 0.295 e. The third-order valence-electron chi connectivity index (χ3n) is 4.64. The lowest BCUT2D eigenvalue weighted by Gasteiger charge is -2.03. The molecule has 0 saturated carbocycles. The summed E-state index contributed by atoms with van der Waals surface area (Å²) in [6, 6.07) is 7.83. The molecule has 31 heavy (non-hydrogen) atoms. The molecule has 3 aromatic heterocycles. The summed E-state index contributed by atoms with van der Waals surface area (Å²) in [6.45, 7) is 7.81. The highest BCUT2D eigenvalue weighted by Gasteiger charge is 2.24. The van der Waals surface area contributed by atoms with E-state index in [9.17, 15) is 9.18 Å². The second-order valence-corrected chi connectivity index (χ2v) is 8.42. The van der Waals surface area contributed by atoms with Gasteiger partial charge in [0.2, 0.25) is 5.76 Å². The molecule has 6 nitrogen and oxygen atoms in total. The van der Waals surface area contributed by atoms with Gasteiger partial charge in [0.1, 0.15) is 17.2 Å². The quantitative estimate of drug-likeness (QED) is 0.415. The van der Waals surface area contributed by atoms with Gasteiger partial charge in [-0.1, -0.05) is 19.9 Å². The second kappa shape index (κ2) is 8.39. The van der Waals surface area contributed by atoms with Gasteiger partial charge in [0.05, 0.1) is 5.69 Å². The fraction of sp³-hybridized carbons (Fsp3) is 0.217. The van der Waals surface area contributed by atoms with Crippen LogP contribution >= 0.6 is 11.3 Å². The Kier molecular flexibility index (Phi) is 5.65. The first kappa shape index (κ1) is 20.9. The molecule has 8 heteroatoms. The average molecular weight is 437 g/mol. The minimum atomic E-state index is -0.465. The number of amides is 1. The summed E-state index contributed by atoms with van der Waals surface area (Å²) in [5, 5.41) is 5.06. The largest absolute Gasteiger partial charge is 0.435 e. The Morgan fingerprint density at radius 3 is 2.55 bits per heavy atom. The van der Waals surface area contributed by atoms with E-state index >= 15 is 0 Å². The molecule has 0 aliphatic carbocycles. The molecule has 0 bridgehead atoms. The predicted octanol–water partition coefficient (Wildman–Crippen LogP) is 5.99. The van der Waals surface area contributed by atoms with E-state index in [0.29, 0.717) is 28.0 Å². The number of rotatable bonds is 5. The number of nitrogens with zero attached hydrogens (tertiary/aromatic N) is 3. The molecule has 0 aliphatic heterocycles. The number of nitrogens with one attached hydrogen (secondary N) is 1. The van der Waals surface area contributed by atoms with Crippen LogP contribution in [0.3, 0.4) is 0 Å². The zero-order valence-electron chi connectivity index (χ0n) is 17.6. The molecule has 158 valence electrons. The number of oxazole rings is 1. The number of hydrogen-bond acceptors (Lipinski definition) is 6. The molecular formula is C23H21FN4O2S. The monoisotopic (exact) mass is 436 g/mol. The van der Waals surface area contributed by atoms with Crippen molar-refractivity contribution in [2.45, 2.75) is 33.6 Å². The zero-order chi connectivity index (χ0) is 22.1. The fourth-order valence-corrected chi connectivity index (χ4v) is 3.81. The summed E-state index contributed by atoms with van der Waals surface area (Å²) < 4.78 is 19.1. The van der Waals surface area contributed by atoms with Crippen LogP contribution in [0.25, 0.3) is 22.6 Å². The highest BCUT2D eigenvalue weighted by Crippen LogP contribution is 2.30. The van der Waals surface area contributed by atoms with Gasteiger partial charge in [-0.2, -0.15) is 0 Å². The first-order valence-corrected chi connectivity index (χ1v) is 10.7. The number of carbonyl (C=O) groups excluding carboxylic acids is 1. The molecule has 1 aromatic carbocycles. The van der Waals surface area contributed by atoms with Crippen molar-refractivity contribution in [2.24, 2.45) is 0 Å². The zero-order valence-corrected chi connectivity index (χ0v) is 18.4. The lowest BCUT2D eigenvalue weighted by Crippen LogP contribution is -2.12. The van der Waals surface area contributed by atoms with Gasteiger partial charge in [0.25, 0.3) is 5.91 Å². The van der Waals surface area contributed by atoms with Crippen molar-refractivity contribution >= 4 is 22.4 Å². The number of aromatic nitrogens is 3. The Bertz CT molecular complexity index is 1240. The summed E-state index contributed by atoms with van der Waals surface area (Å²) in [6.07, 6.45) is 1.79. The van der Waals surface area contributed by atoms with E-state index in [1.165, 1.54) is 23.5 Å². The van der Waals surface area contributed by atoms with E-state index in [-0.39, 0.29) is 17.5 Å². The minimum absolute atomic E-state index is 0.0113. The number of aryl methyl sites for hydroxylation is 2. The van der Waals surface area contributed by atoms with Crippen LogP contribution in [0.15, 0.2) is 46.3 Å². The normalized spacial score (nSPS) is 11.2. The second-order valence-electron chi connectivity index (χ2n) is 7.56. The van der Waals surface area contributed by atoms with E-state index in [2.05, 4.69) is 20.3 Å². The maximum atomic E-state index is 13.3. The first-order chi connectivity index (χ1) is 14.8. The van der Waals surface area contributed by atoms with Crippen molar-refractivity contribution in [1.29, 1.82) is 0 Å². The molecule has 0 spiro atoms. The highest BCUT2D eigenvalue weighted by atomic mass is 32.1. The molecule has 0 saturated heterocycles. The van der Waals surface area contributed by atoms with Crippen LogP contribution in [0.4, 0.5) is 9.52 Å². The number of pyridine rings is 1. The first-order valence-electron chi connectivity index (χ1n) is 9.79. The van der Waals surface area contributed by atoms with Crippen LogP contribution in [-0.4, -0.2) is 20.9 Å². The van der Waals surface area contributed by atoms with Crippen molar-refractivity contribution in [3.05, 3.63) is 70.5 Å². The van der Waals surface area contributed by atoms with Gasteiger partial charge in [-0.15, -0.1) is 11.3 Å². The summed E-state index contributed by atoms with van der Waals surface area (Å²) in [4.78, 5) is 26.4. The van der Waals surface area contributed by atoms with Crippen LogP contribution in [0.1, 0.15) is 47.3 Å². The van der Waals surface area contributed by atoms with Crippen LogP contribution in [0.5, 0.6) is 0 Å². The standard InChI is InChI=1S/C23H21FN4O2S/c1-12(2)22-27-19(15-5-7-16(24)8-6-15)20(30-22)21(29)28-23-26-17(11-31-23)18-14(4)9-13(3)10-25-18/h5-12H,1-4H3,(H,26,28,29). The van der Waals surface area contributed by atoms with Gasteiger partial charge in [-0.25, -0.2) is 14.4 Å². The fourth-order valence-electron chi connectivity index (χ4n) is 3.12. The van der Waals surface area contributed by atoms with Crippen molar-refractivity contribution in [1.82, 2.24) is 15.0 Å². The van der Waals surface area contributed by atoms with Crippen molar-refractivity contribution in [3.63, 3.8) is 0 Å². The molecule has 0 atom stereocenters. The van der Waals surface area contributed by atoms with Crippen LogP contribution in [-0.2, 0) is 0 Å². The lowest BCUT2D eigenvalue weighted by atomic mass is 10.1. The summed E-state index contributed by atoms with van der Waals surface area (Å²) >= 11 is 1.30. The number of hydrogen-bond donors (Lipinski definition) is 1. The average Bonchev–Trinajstić information content (AvgIpc) is 3.36.